The molecule has 6 heteroatoms. The summed E-state index contributed by atoms with van der Waals surface area (Å²) in [6.07, 6.45) is 9.52. The van der Waals surface area contributed by atoms with Crippen LogP contribution in [0, 0.1) is 0 Å². The first-order valence-electron chi connectivity index (χ1n) is 7.94. The van der Waals surface area contributed by atoms with Crippen LogP contribution in [0.3, 0.4) is 0 Å². The average molecular weight is 348 g/mol. The van der Waals surface area contributed by atoms with Gasteiger partial charge >= 0.3 is 0 Å². The number of hydrogen-bond acceptors (Lipinski definition) is 4. The van der Waals surface area contributed by atoms with E-state index in [0.717, 1.165) is 31.9 Å². The van der Waals surface area contributed by atoms with Gasteiger partial charge < -0.3 is 15.4 Å². The van der Waals surface area contributed by atoms with Gasteiger partial charge in [-0.1, -0.05) is 6.07 Å². The van der Waals surface area contributed by atoms with E-state index in [2.05, 4.69) is 21.7 Å². The predicted octanol–water partition coefficient (Wildman–Crippen LogP) is 3.20. The zero-order valence-electron chi connectivity index (χ0n) is 12.9. The lowest BCUT2D eigenvalue weighted by atomic mass is 9.97. The van der Waals surface area contributed by atoms with E-state index in [9.17, 15) is 0 Å². The molecule has 1 aromatic rings. The SMILES string of the molecule is Cl.Cl.c1cnc2c(c1)CCC(CCCCO[C@@H]1CCNC1)N2. The largest absolute Gasteiger partial charge is 0.377 e. The summed E-state index contributed by atoms with van der Waals surface area (Å²) in [4.78, 5) is 4.42. The molecular formula is C16H27Cl2N3O. The van der Waals surface area contributed by atoms with E-state index in [4.69, 9.17) is 4.74 Å². The Balaban J connectivity index is 0.00000121. The zero-order valence-corrected chi connectivity index (χ0v) is 14.6. The third-order valence-corrected chi connectivity index (χ3v) is 4.31. The Bertz CT molecular complexity index is 428. The number of fused-ring (bicyclic) bond motifs is 1. The van der Waals surface area contributed by atoms with Gasteiger partial charge in [0.25, 0.3) is 0 Å². The number of hydrogen-bond donors (Lipinski definition) is 2. The Labute approximate surface area is 145 Å². The number of unbranched alkanes of at least 4 members (excludes halogenated alkanes) is 1. The highest BCUT2D eigenvalue weighted by Gasteiger charge is 2.18. The number of ether oxygens (including phenoxy) is 1. The molecule has 1 aromatic heterocycles. The number of aromatic nitrogens is 1. The van der Waals surface area contributed by atoms with E-state index in [-0.39, 0.29) is 24.8 Å². The van der Waals surface area contributed by atoms with Crippen molar-refractivity contribution < 1.29 is 4.74 Å². The molecule has 126 valence electrons. The summed E-state index contributed by atoms with van der Waals surface area (Å²) < 4.78 is 5.85. The van der Waals surface area contributed by atoms with Gasteiger partial charge in [-0.3, -0.25) is 0 Å². The summed E-state index contributed by atoms with van der Waals surface area (Å²) in [6.45, 7) is 3.06. The van der Waals surface area contributed by atoms with Gasteiger partial charge in [0.1, 0.15) is 5.82 Å². The van der Waals surface area contributed by atoms with Crippen LogP contribution in [0.25, 0.3) is 0 Å². The van der Waals surface area contributed by atoms with Crippen LogP contribution in [0.2, 0.25) is 0 Å². The van der Waals surface area contributed by atoms with Crippen molar-refractivity contribution in [3.8, 4) is 0 Å². The fourth-order valence-electron chi connectivity index (χ4n) is 3.10. The molecule has 0 aromatic carbocycles. The summed E-state index contributed by atoms with van der Waals surface area (Å²) in [5.41, 5.74) is 1.36. The topological polar surface area (TPSA) is 46.2 Å². The van der Waals surface area contributed by atoms with Crippen molar-refractivity contribution in [2.45, 2.75) is 50.7 Å². The summed E-state index contributed by atoms with van der Waals surface area (Å²) in [5, 5.41) is 6.90. The van der Waals surface area contributed by atoms with Gasteiger partial charge in [-0.25, -0.2) is 4.98 Å². The lowest BCUT2D eigenvalue weighted by Gasteiger charge is -2.26. The normalized spacial score (nSPS) is 22.9. The molecule has 0 aliphatic carbocycles. The van der Waals surface area contributed by atoms with E-state index in [1.807, 2.05) is 12.3 Å². The molecule has 3 rings (SSSR count). The second-order valence-corrected chi connectivity index (χ2v) is 5.87. The fraction of sp³-hybridized carbons (Fsp3) is 0.688. The van der Waals surface area contributed by atoms with Crippen LogP contribution < -0.4 is 10.6 Å². The molecule has 1 fully saturated rings. The number of anilines is 1. The molecule has 2 aliphatic heterocycles. The summed E-state index contributed by atoms with van der Waals surface area (Å²) in [5.74, 6) is 1.09. The summed E-state index contributed by atoms with van der Waals surface area (Å²) in [6, 6.07) is 4.79. The van der Waals surface area contributed by atoms with Crippen LogP contribution in [0.1, 0.15) is 37.7 Å². The Morgan fingerprint density at radius 2 is 2.14 bits per heavy atom. The van der Waals surface area contributed by atoms with Crippen molar-refractivity contribution >= 4 is 30.6 Å². The number of nitrogens with zero attached hydrogens (tertiary/aromatic N) is 1. The fourth-order valence-corrected chi connectivity index (χ4v) is 3.10. The second kappa shape index (κ2) is 10.3. The van der Waals surface area contributed by atoms with Gasteiger partial charge in [0.2, 0.25) is 0 Å². The highest BCUT2D eigenvalue weighted by Crippen LogP contribution is 2.24. The van der Waals surface area contributed by atoms with Gasteiger partial charge in [-0.2, -0.15) is 0 Å². The maximum Gasteiger partial charge on any atom is 0.129 e. The maximum atomic E-state index is 5.85. The first kappa shape index (κ1) is 19.5. The molecule has 0 saturated carbocycles. The van der Waals surface area contributed by atoms with Crippen molar-refractivity contribution in [2.24, 2.45) is 0 Å². The molecule has 1 unspecified atom stereocenters. The van der Waals surface area contributed by atoms with Gasteiger partial charge in [0.05, 0.1) is 6.10 Å². The molecule has 0 spiro atoms. The van der Waals surface area contributed by atoms with Crippen molar-refractivity contribution in [3.05, 3.63) is 23.9 Å². The van der Waals surface area contributed by atoms with E-state index < -0.39 is 0 Å². The quantitative estimate of drug-likeness (QED) is 0.775. The van der Waals surface area contributed by atoms with E-state index in [1.165, 1.54) is 37.7 Å². The van der Waals surface area contributed by atoms with Crippen LogP contribution >= 0.6 is 24.8 Å². The molecule has 4 nitrogen and oxygen atoms in total. The van der Waals surface area contributed by atoms with E-state index in [0.29, 0.717) is 12.1 Å². The first-order chi connectivity index (χ1) is 9.92. The Morgan fingerprint density at radius 3 is 2.95 bits per heavy atom. The molecule has 0 bridgehead atoms. The van der Waals surface area contributed by atoms with Crippen molar-refractivity contribution in [1.82, 2.24) is 10.3 Å². The number of pyridine rings is 1. The lowest BCUT2D eigenvalue weighted by molar-refractivity contribution is 0.0640. The minimum atomic E-state index is 0. The van der Waals surface area contributed by atoms with E-state index >= 15 is 0 Å². The van der Waals surface area contributed by atoms with E-state index in [1.54, 1.807) is 0 Å². The van der Waals surface area contributed by atoms with Gasteiger partial charge in [0, 0.05) is 25.4 Å². The number of halogens is 2. The third-order valence-electron chi connectivity index (χ3n) is 4.31. The molecule has 2 N–H and O–H groups in total. The maximum absolute atomic E-state index is 5.85. The molecule has 1 saturated heterocycles. The monoisotopic (exact) mass is 347 g/mol. The molecule has 22 heavy (non-hydrogen) atoms. The minimum absolute atomic E-state index is 0. The Hall–Kier alpha value is -0.550. The predicted molar refractivity (Wildman–Crippen MR) is 95.5 cm³/mol. The molecule has 2 atom stereocenters. The van der Waals surface area contributed by atoms with Gasteiger partial charge in [-0.15, -0.1) is 24.8 Å². The van der Waals surface area contributed by atoms with Crippen molar-refractivity contribution in [3.63, 3.8) is 0 Å². The number of aryl methyl sites for hydroxylation is 1. The first-order valence-corrected chi connectivity index (χ1v) is 7.94. The molecule has 2 aliphatic rings. The number of rotatable bonds is 6. The summed E-state index contributed by atoms with van der Waals surface area (Å²) >= 11 is 0. The lowest BCUT2D eigenvalue weighted by Crippen LogP contribution is -2.26. The Kier molecular flexibility index (Phi) is 9.10. The second-order valence-electron chi connectivity index (χ2n) is 5.87. The van der Waals surface area contributed by atoms with Gasteiger partial charge in [0.15, 0.2) is 0 Å². The molecule has 3 heterocycles. The van der Waals surface area contributed by atoms with Crippen LogP contribution in [0.5, 0.6) is 0 Å². The average Bonchev–Trinajstić information content (AvgIpc) is 3.00. The minimum Gasteiger partial charge on any atom is -0.377 e. The highest BCUT2D eigenvalue weighted by atomic mass is 35.5. The van der Waals surface area contributed by atoms with Crippen LogP contribution in [0.15, 0.2) is 18.3 Å². The van der Waals surface area contributed by atoms with Gasteiger partial charge in [-0.05, 0) is 56.7 Å². The van der Waals surface area contributed by atoms with Crippen molar-refractivity contribution in [1.29, 1.82) is 0 Å². The standard InChI is InChI=1S/C16H25N3O.2ClH/c1(2-11-20-15-8-10-17-12-15)5-14-7-6-13-4-3-9-18-16(13)19-14;;/h3-4,9,14-15,17H,1-2,5-8,10-12H2,(H,18,19);2*1H/t14?,15-;;/m1../s1. The van der Waals surface area contributed by atoms with Crippen molar-refractivity contribution in [2.75, 3.05) is 25.0 Å². The van der Waals surface area contributed by atoms with Crippen LogP contribution in [0.4, 0.5) is 5.82 Å². The highest BCUT2D eigenvalue weighted by molar-refractivity contribution is 5.85. The summed E-state index contributed by atoms with van der Waals surface area (Å²) in [7, 11) is 0. The Morgan fingerprint density at radius 1 is 1.23 bits per heavy atom. The van der Waals surface area contributed by atoms with Crippen LogP contribution in [-0.2, 0) is 11.2 Å². The molecular weight excluding hydrogens is 321 g/mol. The molecule has 0 amide bonds. The van der Waals surface area contributed by atoms with Crippen LogP contribution in [-0.4, -0.2) is 36.8 Å². The third kappa shape index (κ3) is 5.58. The molecule has 0 radical (unpaired) electrons. The number of nitrogens with one attached hydrogen (secondary N) is 2. The smallest absolute Gasteiger partial charge is 0.129 e. The zero-order chi connectivity index (χ0) is 13.6.